The maximum absolute atomic E-state index is 13.8. The van der Waals surface area contributed by atoms with Gasteiger partial charge < -0.3 is 14.7 Å². The lowest BCUT2D eigenvalue weighted by atomic mass is 9.95. The van der Waals surface area contributed by atoms with Crippen LogP contribution in [0.4, 0.5) is 0 Å². The topological polar surface area (TPSA) is 78.5 Å². The molecule has 6 nitrogen and oxygen atoms in total. The molecule has 5 rings (SSSR count). The first-order valence-electron chi connectivity index (χ1n) is 12.7. The second kappa shape index (κ2) is 11.1. The Hall–Kier alpha value is -3.48. The highest BCUT2D eigenvalue weighted by Gasteiger charge is 2.43. The fourth-order valence-electron chi connectivity index (χ4n) is 4.89. The van der Waals surface area contributed by atoms with Crippen molar-refractivity contribution in [2.45, 2.75) is 45.7 Å². The minimum absolute atomic E-state index is 0.0463. The Labute approximate surface area is 232 Å². The number of phenols is 1. The molecular weight excluding hydrogens is 521 g/mol. The lowest BCUT2D eigenvalue weighted by Crippen LogP contribution is -2.29. The first-order valence-corrected chi connectivity index (χ1v) is 13.5. The number of aromatic nitrogens is 2. The van der Waals surface area contributed by atoms with Gasteiger partial charge in [-0.25, -0.2) is 0 Å². The van der Waals surface area contributed by atoms with Gasteiger partial charge in [0.1, 0.15) is 22.9 Å². The Balaban J connectivity index is 1.61. The number of nitrogens with one attached hydrogen (secondary N) is 1. The molecule has 0 radical (unpaired) electrons. The van der Waals surface area contributed by atoms with Gasteiger partial charge in [0, 0.05) is 27.7 Å². The molecule has 8 heteroatoms. The quantitative estimate of drug-likeness (QED) is 0.209. The number of carbonyl (C=O) groups is 1. The number of hydrogen-bond acceptors (Lipinski definition) is 4. The van der Waals surface area contributed by atoms with Crippen LogP contribution in [0.25, 0.3) is 11.3 Å². The summed E-state index contributed by atoms with van der Waals surface area (Å²) in [5.74, 6) is 0.587. The number of ether oxygens (including phenoxy) is 1. The fraction of sp³-hybridized carbons (Fsp3) is 0.267. The molecule has 2 heterocycles. The van der Waals surface area contributed by atoms with Crippen LogP contribution in [-0.4, -0.2) is 32.7 Å². The predicted octanol–water partition coefficient (Wildman–Crippen LogP) is 7.71. The van der Waals surface area contributed by atoms with E-state index in [1.165, 1.54) is 0 Å². The van der Waals surface area contributed by atoms with Crippen LogP contribution in [0.2, 0.25) is 10.0 Å². The Bertz CT molecular complexity index is 1480. The van der Waals surface area contributed by atoms with Crippen LogP contribution in [0.15, 0.2) is 60.7 Å². The molecule has 1 aromatic heterocycles. The van der Waals surface area contributed by atoms with E-state index in [4.69, 9.17) is 27.9 Å². The average Bonchev–Trinajstić information content (AvgIpc) is 3.44. The van der Waals surface area contributed by atoms with Gasteiger partial charge in [0.15, 0.2) is 0 Å². The molecule has 0 saturated carbocycles. The van der Waals surface area contributed by atoms with Crippen LogP contribution in [0.1, 0.15) is 65.0 Å². The Morgan fingerprint density at radius 2 is 1.87 bits per heavy atom. The number of nitrogens with zero attached hydrogens (tertiary/aromatic N) is 2. The summed E-state index contributed by atoms with van der Waals surface area (Å²) in [7, 11) is 0. The SMILES string of the molecule is CCCCCOc1cccc(C2c3c(-c4cc(Cl)c(C)cc4O)n[nH]c3C(=O)N2Cc2ccccc2Cl)c1. The molecule has 4 aromatic rings. The van der Waals surface area contributed by atoms with Crippen LogP contribution in [0.3, 0.4) is 0 Å². The molecule has 1 aliphatic rings. The lowest BCUT2D eigenvalue weighted by molar-refractivity contribution is 0.0730. The third-order valence-electron chi connectivity index (χ3n) is 6.88. The molecule has 0 saturated heterocycles. The molecule has 3 aromatic carbocycles. The van der Waals surface area contributed by atoms with Crippen LogP contribution < -0.4 is 4.74 Å². The number of hydrogen-bond donors (Lipinski definition) is 2. The third kappa shape index (κ3) is 4.98. The molecular formula is C30H29Cl2N3O3. The summed E-state index contributed by atoms with van der Waals surface area (Å²) >= 11 is 12.9. The second-order valence-corrected chi connectivity index (χ2v) is 10.3. The monoisotopic (exact) mass is 549 g/mol. The molecule has 0 fully saturated rings. The largest absolute Gasteiger partial charge is 0.507 e. The van der Waals surface area contributed by atoms with Gasteiger partial charge in [-0.05, 0) is 60.4 Å². The first-order chi connectivity index (χ1) is 18.4. The standard InChI is InChI=1S/C30H29Cl2N3O3/c1-3-4-7-13-38-21-11-8-10-19(15-21)29-26-27(22-16-24(32)18(2)14-25(22)36)33-34-28(26)30(37)35(29)17-20-9-5-6-12-23(20)31/h5-6,8-12,14-16,29,36H,3-4,7,13,17H2,1-2H3,(H,33,34). The lowest BCUT2D eigenvalue weighted by Gasteiger charge is -2.27. The summed E-state index contributed by atoms with van der Waals surface area (Å²) < 4.78 is 6.03. The number of benzene rings is 3. The van der Waals surface area contributed by atoms with Crippen molar-refractivity contribution in [1.82, 2.24) is 15.1 Å². The number of carbonyl (C=O) groups excluding carboxylic acids is 1. The highest BCUT2D eigenvalue weighted by Crippen LogP contribution is 2.46. The highest BCUT2D eigenvalue weighted by molar-refractivity contribution is 6.32. The van der Waals surface area contributed by atoms with E-state index in [2.05, 4.69) is 17.1 Å². The van der Waals surface area contributed by atoms with Crippen LogP contribution in [-0.2, 0) is 6.54 Å². The maximum atomic E-state index is 13.8. The van der Waals surface area contributed by atoms with Gasteiger partial charge in [-0.15, -0.1) is 0 Å². The Morgan fingerprint density at radius 1 is 1.05 bits per heavy atom. The van der Waals surface area contributed by atoms with Gasteiger partial charge in [-0.1, -0.05) is 73.3 Å². The second-order valence-electron chi connectivity index (χ2n) is 9.53. The molecule has 0 aliphatic carbocycles. The number of rotatable bonds is 9. The number of aromatic hydroxyl groups is 1. The minimum Gasteiger partial charge on any atom is -0.507 e. The maximum Gasteiger partial charge on any atom is 0.273 e. The van der Waals surface area contributed by atoms with Gasteiger partial charge in [-0.3, -0.25) is 9.89 Å². The number of unbranched alkanes of at least 4 members (excludes halogenated alkanes) is 2. The summed E-state index contributed by atoms with van der Waals surface area (Å²) in [5.41, 5.74) is 4.46. The normalized spacial score (nSPS) is 14.7. The zero-order chi connectivity index (χ0) is 26.8. The molecule has 1 unspecified atom stereocenters. The third-order valence-corrected chi connectivity index (χ3v) is 7.66. The van der Waals surface area contributed by atoms with Crippen molar-refractivity contribution in [1.29, 1.82) is 0 Å². The fourth-order valence-corrected chi connectivity index (χ4v) is 5.25. The number of phenolic OH excluding ortho intramolecular Hbond substituents is 1. The smallest absolute Gasteiger partial charge is 0.273 e. The van der Waals surface area contributed by atoms with Gasteiger partial charge in [0.25, 0.3) is 5.91 Å². The van der Waals surface area contributed by atoms with Crippen molar-refractivity contribution >= 4 is 29.1 Å². The zero-order valence-corrected chi connectivity index (χ0v) is 22.8. The van der Waals surface area contributed by atoms with Gasteiger partial charge in [0.05, 0.1) is 12.6 Å². The van der Waals surface area contributed by atoms with Crippen LogP contribution in [0.5, 0.6) is 11.5 Å². The Kier molecular flexibility index (Phi) is 7.63. The molecule has 38 heavy (non-hydrogen) atoms. The number of H-pyrrole nitrogens is 1. The van der Waals surface area contributed by atoms with Gasteiger partial charge in [-0.2, -0.15) is 5.10 Å². The average molecular weight is 550 g/mol. The van der Waals surface area contributed by atoms with Crippen molar-refractivity contribution in [3.8, 4) is 22.8 Å². The predicted molar refractivity (Wildman–Crippen MR) is 150 cm³/mol. The van der Waals surface area contributed by atoms with E-state index in [0.717, 1.165) is 41.7 Å². The van der Waals surface area contributed by atoms with E-state index in [-0.39, 0.29) is 11.7 Å². The summed E-state index contributed by atoms with van der Waals surface area (Å²) in [6.45, 7) is 4.91. The number of halogens is 2. The minimum atomic E-state index is -0.485. The van der Waals surface area contributed by atoms with Crippen molar-refractivity contribution in [3.05, 3.63) is 98.7 Å². The van der Waals surface area contributed by atoms with E-state index in [1.54, 1.807) is 17.0 Å². The molecule has 2 N–H and O–H groups in total. The van der Waals surface area contributed by atoms with Gasteiger partial charge in [0.2, 0.25) is 0 Å². The highest BCUT2D eigenvalue weighted by atomic mass is 35.5. The molecule has 196 valence electrons. The number of aromatic amines is 1. The summed E-state index contributed by atoms with van der Waals surface area (Å²) in [6.07, 6.45) is 3.20. The van der Waals surface area contributed by atoms with E-state index >= 15 is 0 Å². The van der Waals surface area contributed by atoms with E-state index in [9.17, 15) is 9.90 Å². The van der Waals surface area contributed by atoms with E-state index in [0.29, 0.717) is 45.7 Å². The van der Waals surface area contributed by atoms with Crippen molar-refractivity contribution in [3.63, 3.8) is 0 Å². The molecule has 1 amide bonds. The van der Waals surface area contributed by atoms with Crippen molar-refractivity contribution in [2.75, 3.05) is 6.61 Å². The van der Waals surface area contributed by atoms with Crippen LogP contribution in [0, 0.1) is 6.92 Å². The zero-order valence-electron chi connectivity index (χ0n) is 21.3. The number of aryl methyl sites for hydroxylation is 1. The Morgan fingerprint density at radius 3 is 2.66 bits per heavy atom. The summed E-state index contributed by atoms with van der Waals surface area (Å²) in [5, 5.41) is 19.3. The number of fused-ring (bicyclic) bond motifs is 1. The van der Waals surface area contributed by atoms with Crippen molar-refractivity contribution < 1.29 is 14.6 Å². The summed E-state index contributed by atoms with van der Waals surface area (Å²) in [6, 6.07) is 18.1. The molecule has 1 aliphatic heterocycles. The molecule has 1 atom stereocenters. The van der Waals surface area contributed by atoms with Crippen LogP contribution >= 0.6 is 23.2 Å². The molecule has 0 spiro atoms. The van der Waals surface area contributed by atoms with E-state index in [1.807, 2.05) is 55.5 Å². The van der Waals surface area contributed by atoms with Gasteiger partial charge >= 0.3 is 0 Å². The van der Waals surface area contributed by atoms with Crippen molar-refractivity contribution in [2.24, 2.45) is 0 Å². The van der Waals surface area contributed by atoms with E-state index < -0.39 is 6.04 Å². The summed E-state index contributed by atoms with van der Waals surface area (Å²) in [4.78, 5) is 15.5. The molecule has 0 bridgehead atoms. The first kappa shape index (κ1) is 26.1. The number of amides is 1.